The summed E-state index contributed by atoms with van der Waals surface area (Å²) in [5.74, 6) is -0.661. The Labute approximate surface area is 124 Å². The Bertz CT molecular complexity index is 620. The van der Waals surface area contributed by atoms with Crippen molar-refractivity contribution in [3.63, 3.8) is 0 Å². The molecular weight excluding hydrogens is 305 g/mol. The summed E-state index contributed by atoms with van der Waals surface area (Å²) in [5, 5.41) is 10.1. The molecule has 2 aromatic carbocycles. The van der Waals surface area contributed by atoms with Gasteiger partial charge in [-0.1, -0.05) is 35.9 Å². The molecule has 1 N–H and O–H groups in total. The molecule has 2 aromatic rings. The highest BCUT2D eigenvalue weighted by atomic mass is 35.5. The van der Waals surface area contributed by atoms with Crippen LogP contribution in [0.3, 0.4) is 0 Å². The first-order valence-electron chi connectivity index (χ1n) is 6.13. The van der Waals surface area contributed by atoms with Crippen LogP contribution in [0.1, 0.15) is 17.2 Å². The van der Waals surface area contributed by atoms with Crippen LogP contribution in [0.2, 0.25) is 5.02 Å². The molecule has 0 aromatic heterocycles. The molecule has 0 saturated heterocycles. The lowest BCUT2D eigenvalue weighted by atomic mass is 10.0. The van der Waals surface area contributed by atoms with Crippen LogP contribution >= 0.6 is 11.6 Å². The zero-order valence-corrected chi connectivity index (χ0v) is 11.5. The van der Waals surface area contributed by atoms with Crippen molar-refractivity contribution in [3.8, 4) is 5.75 Å². The Hall–Kier alpha value is -1.72. The Kier molecular flexibility index (Phi) is 5.09. The van der Waals surface area contributed by atoms with E-state index in [4.69, 9.17) is 11.6 Å². The minimum Gasteiger partial charge on any atom is -0.435 e. The van der Waals surface area contributed by atoms with E-state index in [9.17, 15) is 18.3 Å². The highest BCUT2D eigenvalue weighted by Gasteiger charge is 2.14. The van der Waals surface area contributed by atoms with Gasteiger partial charge >= 0.3 is 6.61 Å². The molecule has 0 saturated carbocycles. The fourth-order valence-electron chi connectivity index (χ4n) is 1.93. The third-order valence-electron chi connectivity index (χ3n) is 2.91. The van der Waals surface area contributed by atoms with E-state index in [1.165, 1.54) is 30.3 Å². The predicted molar refractivity (Wildman–Crippen MR) is 73.1 cm³/mol. The van der Waals surface area contributed by atoms with Crippen molar-refractivity contribution in [2.45, 2.75) is 19.1 Å². The average molecular weight is 317 g/mol. The zero-order chi connectivity index (χ0) is 15.4. The van der Waals surface area contributed by atoms with Gasteiger partial charge in [0.15, 0.2) is 0 Å². The summed E-state index contributed by atoms with van der Waals surface area (Å²) in [7, 11) is 0. The molecule has 0 heterocycles. The van der Waals surface area contributed by atoms with E-state index >= 15 is 0 Å². The quantitative estimate of drug-likeness (QED) is 0.888. The van der Waals surface area contributed by atoms with Crippen molar-refractivity contribution in [3.05, 3.63) is 64.4 Å². The topological polar surface area (TPSA) is 29.5 Å². The molecule has 0 radical (unpaired) electrons. The average Bonchev–Trinajstić information content (AvgIpc) is 2.43. The number of hydrogen-bond donors (Lipinski definition) is 1. The molecule has 1 atom stereocenters. The number of benzene rings is 2. The number of halogens is 4. The van der Waals surface area contributed by atoms with Gasteiger partial charge in [0.05, 0.1) is 11.1 Å². The van der Waals surface area contributed by atoms with E-state index in [-0.39, 0.29) is 22.8 Å². The molecule has 0 aliphatic rings. The van der Waals surface area contributed by atoms with E-state index in [0.29, 0.717) is 5.56 Å². The maximum absolute atomic E-state index is 13.8. The summed E-state index contributed by atoms with van der Waals surface area (Å²) in [6, 6.07) is 10.1. The van der Waals surface area contributed by atoms with E-state index in [0.717, 1.165) is 0 Å². The van der Waals surface area contributed by atoms with Crippen LogP contribution < -0.4 is 4.74 Å². The second-order valence-electron chi connectivity index (χ2n) is 4.38. The van der Waals surface area contributed by atoms with E-state index in [1.807, 2.05) is 0 Å². The van der Waals surface area contributed by atoms with Gasteiger partial charge in [0.25, 0.3) is 0 Å². The second kappa shape index (κ2) is 6.83. The Morgan fingerprint density at radius 1 is 1.14 bits per heavy atom. The number of rotatable bonds is 5. The van der Waals surface area contributed by atoms with Crippen LogP contribution in [-0.4, -0.2) is 11.7 Å². The first-order chi connectivity index (χ1) is 9.97. The summed E-state index contributed by atoms with van der Waals surface area (Å²) in [6.07, 6.45) is -1.08. The molecule has 2 rings (SSSR count). The minimum absolute atomic E-state index is 0.0233. The maximum atomic E-state index is 13.8. The summed E-state index contributed by atoms with van der Waals surface area (Å²) < 4.78 is 42.3. The third kappa shape index (κ3) is 4.12. The van der Waals surface area contributed by atoms with Gasteiger partial charge < -0.3 is 9.84 Å². The van der Waals surface area contributed by atoms with Crippen molar-refractivity contribution in [1.29, 1.82) is 0 Å². The van der Waals surface area contributed by atoms with Gasteiger partial charge in [-0.05, 0) is 29.3 Å². The Morgan fingerprint density at radius 2 is 1.86 bits per heavy atom. The standard InChI is InChI=1S/C15H12ClF3O2/c16-12-6-2-4-10(14(12)17)8-13(20)9-3-1-5-11(7-9)21-15(18)19/h1-7,13,15,20H,8H2. The van der Waals surface area contributed by atoms with Gasteiger partial charge in [-0.2, -0.15) is 8.78 Å². The van der Waals surface area contributed by atoms with Crippen molar-refractivity contribution >= 4 is 11.6 Å². The largest absolute Gasteiger partial charge is 0.435 e. The second-order valence-corrected chi connectivity index (χ2v) is 4.79. The number of ether oxygens (including phenoxy) is 1. The lowest BCUT2D eigenvalue weighted by Gasteiger charge is -2.13. The highest BCUT2D eigenvalue weighted by Crippen LogP contribution is 2.26. The van der Waals surface area contributed by atoms with Gasteiger partial charge in [-0.15, -0.1) is 0 Å². The lowest BCUT2D eigenvalue weighted by Crippen LogP contribution is -2.06. The molecule has 0 bridgehead atoms. The number of aliphatic hydroxyl groups is 1. The predicted octanol–water partition coefficient (Wildman–Crippen LogP) is 4.36. The van der Waals surface area contributed by atoms with Crippen LogP contribution in [-0.2, 0) is 6.42 Å². The minimum atomic E-state index is -2.94. The molecule has 0 spiro atoms. The lowest BCUT2D eigenvalue weighted by molar-refractivity contribution is -0.0499. The molecule has 21 heavy (non-hydrogen) atoms. The number of alkyl halides is 2. The maximum Gasteiger partial charge on any atom is 0.387 e. The Balaban J connectivity index is 2.16. The van der Waals surface area contributed by atoms with Crippen LogP contribution in [0.15, 0.2) is 42.5 Å². The fourth-order valence-corrected chi connectivity index (χ4v) is 2.12. The molecule has 0 amide bonds. The highest BCUT2D eigenvalue weighted by molar-refractivity contribution is 6.30. The fraction of sp³-hybridized carbons (Fsp3) is 0.200. The van der Waals surface area contributed by atoms with Crippen molar-refractivity contribution < 1.29 is 23.0 Å². The zero-order valence-electron chi connectivity index (χ0n) is 10.8. The number of hydrogen-bond acceptors (Lipinski definition) is 2. The van der Waals surface area contributed by atoms with Crippen molar-refractivity contribution in [2.75, 3.05) is 0 Å². The first kappa shape index (κ1) is 15.7. The summed E-state index contributed by atoms with van der Waals surface area (Å²) in [5.41, 5.74) is 0.600. The van der Waals surface area contributed by atoms with Gasteiger partial charge in [0.1, 0.15) is 11.6 Å². The SMILES string of the molecule is OC(Cc1cccc(Cl)c1F)c1cccc(OC(F)F)c1. The van der Waals surface area contributed by atoms with Crippen LogP contribution in [0, 0.1) is 5.82 Å². The monoisotopic (exact) mass is 316 g/mol. The molecule has 0 aliphatic carbocycles. The molecule has 2 nitrogen and oxygen atoms in total. The summed E-state index contributed by atoms with van der Waals surface area (Å²) in [4.78, 5) is 0. The number of aliphatic hydroxyl groups excluding tert-OH is 1. The molecular formula is C15H12ClF3O2. The smallest absolute Gasteiger partial charge is 0.387 e. The van der Waals surface area contributed by atoms with Gasteiger partial charge in [0.2, 0.25) is 0 Å². The van der Waals surface area contributed by atoms with E-state index < -0.39 is 18.5 Å². The van der Waals surface area contributed by atoms with E-state index in [1.54, 1.807) is 12.1 Å². The summed E-state index contributed by atoms with van der Waals surface area (Å²) >= 11 is 5.67. The summed E-state index contributed by atoms with van der Waals surface area (Å²) in [6.45, 7) is -2.94. The molecule has 1 unspecified atom stereocenters. The molecule has 112 valence electrons. The molecule has 6 heteroatoms. The van der Waals surface area contributed by atoms with E-state index in [2.05, 4.69) is 4.74 Å². The normalized spacial score (nSPS) is 12.5. The first-order valence-corrected chi connectivity index (χ1v) is 6.51. The van der Waals surface area contributed by atoms with Crippen LogP contribution in [0.25, 0.3) is 0 Å². The van der Waals surface area contributed by atoms with Gasteiger partial charge in [-0.25, -0.2) is 4.39 Å². The van der Waals surface area contributed by atoms with Crippen LogP contribution in [0.4, 0.5) is 13.2 Å². The van der Waals surface area contributed by atoms with Gasteiger partial charge in [-0.3, -0.25) is 0 Å². The Morgan fingerprint density at radius 3 is 2.57 bits per heavy atom. The molecule has 0 fully saturated rings. The van der Waals surface area contributed by atoms with Gasteiger partial charge in [0, 0.05) is 6.42 Å². The van der Waals surface area contributed by atoms with Crippen molar-refractivity contribution in [1.82, 2.24) is 0 Å². The molecule has 0 aliphatic heterocycles. The van der Waals surface area contributed by atoms with Crippen molar-refractivity contribution in [2.24, 2.45) is 0 Å². The van der Waals surface area contributed by atoms with Crippen LogP contribution in [0.5, 0.6) is 5.75 Å². The third-order valence-corrected chi connectivity index (χ3v) is 3.20.